The first-order valence-electron chi connectivity index (χ1n) is 3.76. The second-order valence-corrected chi connectivity index (χ2v) is 2.52. The van der Waals surface area contributed by atoms with Gasteiger partial charge in [-0.05, 0) is 12.1 Å². The van der Waals surface area contributed by atoms with E-state index in [1.807, 2.05) is 0 Å². The molecule has 0 saturated heterocycles. The van der Waals surface area contributed by atoms with E-state index in [0.29, 0.717) is 5.69 Å². The molecule has 0 bridgehead atoms. The summed E-state index contributed by atoms with van der Waals surface area (Å²) in [7, 11) is 1.32. The predicted molar refractivity (Wildman–Crippen MR) is 44.8 cm³/mol. The smallest absolute Gasteiger partial charge is 0.250 e. The van der Waals surface area contributed by atoms with Crippen molar-refractivity contribution in [3.8, 4) is 5.88 Å². The van der Waals surface area contributed by atoms with Gasteiger partial charge >= 0.3 is 0 Å². The zero-order valence-electron chi connectivity index (χ0n) is 7.20. The molecule has 0 radical (unpaired) electrons. The predicted octanol–water partition coefficient (Wildman–Crippen LogP) is 0.221. The van der Waals surface area contributed by atoms with Crippen LogP contribution >= 0.6 is 0 Å². The van der Waals surface area contributed by atoms with Crippen LogP contribution in [0.3, 0.4) is 0 Å². The molecule has 0 aliphatic rings. The minimum Gasteiger partial charge on any atom is -0.479 e. The van der Waals surface area contributed by atoms with Crippen molar-refractivity contribution >= 4 is 0 Å². The van der Waals surface area contributed by atoms with Gasteiger partial charge in [-0.1, -0.05) is 0 Å². The second kappa shape index (κ2) is 4.15. The Morgan fingerprint density at radius 2 is 2.38 bits per heavy atom. The van der Waals surface area contributed by atoms with Gasteiger partial charge in [0.15, 0.2) is 5.82 Å². The summed E-state index contributed by atoms with van der Waals surface area (Å²) in [5.74, 6) is -0.655. The Labute approximate surface area is 75.2 Å². The number of ether oxygens (including phenoxy) is 1. The highest BCUT2D eigenvalue weighted by atomic mass is 19.1. The molecule has 4 nitrogen and oxygen atoms in total. The zero-order valence-corrected chi connectivity index (χ0v) is 7.20. The maximum Gasteiger partial charge on any atom is 0.250 e. The van der Waals surface area contributed by atoms with Gasteiger partial charge in [0.2, 0.25) is 5.88 Å². The topological polar surface area (TPSA) is 68.4 Å². The van der Waals surface area contributed by atoms with Gasteiger partial charge in [-0.3, -0.25) is 0 Å². The van der Waals surface area contributed by atoms with Crippen LogP contribution < -0.4 is 10.5 Å². The van der Waals surface area contributed by atoms with Crippen LogP contribution in [-0.4, -0.2) is 23.8 Å². The summed E-state index contributed by atoms with van der Waals surface area (Å²) >= 11 is 0. The fourth-order valence-electron chi connectivity index (χ4n) is 0.881. The molecule has 0 amide bonds. The fourth-order valence-corrected chi connectivity index (χ4v) is 0.881. The van der Waals surface area contributed by atoms with E-state index in [2.05, 4.69) is 9.72 Å². The van der Waals surface area contributed by atoms with Crippen LogP contribution in [0.25, 0.3) is 0 Å². The molecule has 0 fully saturated rings. The molecule has 1 aromatic rings. The average Bonchev–Trinajstić information content (AvgIpc) is 2.17. The lowest BCUT2D eigenvalue weighted by Gasteiger charge is -2.08. The third kappa shape index (κ3) is 2.13. The quantitative estimate of drug-likeness (QED) is 0.708. The van der Waals surface area contributed by atoms with E-state index in [1.54, 1.807) is 0 Å². The first kappa shape index (κ1) is 9.88. The van der Waals surface area contributed by atoms with Crippen molar-refractivity contribution in [3.05, 3.63) is 23.6 Å². The number of aliphatic hydroxyl groups excluding tert-OH is 1. The molecule has 1 unspecified atom stereocenters. The molecule has 3 N–H and O–H groups in total. The second-order valence-electron chi connectivity index (χ2n) is 2.52. The number of aliphatic hydroxyl groups is 1. The normalized spacial score (nSPS) is 12.6. The van der Waals surface area contributed by atoms with Crippen molar-refractivity contribution < 1.29 is 14.2 Å². The molecule has 1 heterocycles. The number of rotatable bonds is 3. The number of aromatic nitrogens is 1. The third-order valence-corrected chi connectivity index (χ3v) is 1.61. The van der Waals surface area contributed by atoms with Gasteiger partial charge in [-0.2, -0.15) is 0 Å². The van der Waals surface area contributed by atoms with Crippen LogP contribution in [0.5, 0.6) is 5.88 Å². The number of halogens is 1. The lowest BCUT2D eigenvalue weighted by atomic mass is 10.2. The van der Waals surface area contributed by atoms with Crippen LogP contribution in [0.15, 0.2) is 12.1 Å². The summed E-state index contributed by atoms with van der Waals surface area (Å²) < 4.78 is 17.5. The van der Waals surface area contributed by atoms with Crippen molar-refractivity contribution in [2.24, 2.45) is 5.73 Å². The first-order valence-corrected chi connectivity index (χ1v) is 3.76. The van der Waals surface area contributed by atoms with Crippen LogP contribution in [-0.2, 0) is 0 Å². The number of pyridine rings is 1. The minimum absolute atomic E-state index is 0.110. The molecule has 0 spiro atoms. The molecule has 0 aliphatic heterocycles. The lowest BCUT2D eigenvalue weighted by Crippen LogP contribution is -2.16. The maximum atomic E-state index is 12.8. The summed E-state index contributed by atoms with van der Waals surface area (Å²) in [5, 5.41) is 8.72. The van der Waals surface area contributed by atoms with Gasteiger partial charge in [0, 0.05) is 0 Å². The molecular weight excluding hydrogens is 175 g/mol. The Kier molecular flexibility index (Phi) is 3.16. The van der Waals surface area contributed by atoms with Crippen molar-refractivity contribution in [1.82, 2.24) is 4.98 Å². The molecule has 1 atom stereocenters. The molecule has 0 aromatic carbocycles. The molecule has 5 heteroatoms. The van der Waals surface area contributed by atoms with Gasteiger partial charge < -0.3 is 15.6 Å². The van der Waals surface area contributed by atoms with E-state index in [0.717, 1.165) is 0 Å². The van der Waals surface area contributed by atoms with E-state index >= 15 is 0 Å². The van der Waals surface area contributed by atoms with Gasteiger partial charge in [-0.25, -0.2) is 9.37 Å². The van der Waals surface area contributed by atoms with Crippen molar-refractivity contribution in [1.29, 1.82) is 0 Å². The maximum absolute atomic E-state index is 12.8. The Morgan fingerprint density at radius 3 is 2.92 bits per heavy atom. The summed E-state index contributed by atoms with van der Waals surface area (Å²) in [6.07, 6.45) is 0. The molecule has 0 saturated carbocycles. The Hall–Kier alpha value is -1.20. The Balaban J connectivity index is 2.99. The number of methoxy groups -OCH3 is 1. The molecule has 1 aromatic heterocycles. The number of hydrogen-bond acceptors (Lipinski definition) is 4. The summed E-state index contributed by atoms with van der Waals surface area (Å²) in [6, 6.07) is 2.02. The van der Waals surface area contributed by atoms with Gasteiger partial charge in [0.25, 0.3) is 0 Å². The zero-order chi connectivity index (χ0) is 9.84. The molecule has 0 aliphatic carbocycles. The van der Waals surface area contributed by atoms with Crippen LogP contribution in [0.4, 0.5) is 4.39 Å². The van der Waals surface area contributed by atoms with E-state index in [-0.39, 0.29) is 12.5 Å². The monoisotopic (exact) mass is 186 g/mol. The minimum atomic E-state index is -0.602. The largest absolute Gasteiger partial charge is 0.479 e. The van der Waals surface area contributed by atoms with E-state index in [4.69, 9.17) is 10.8 Å². The fraction of sp³-hybridized carbons (Fsp3) is 0.375. The standard InChI is InChI=1S/C8H11FN2O2/c1-13-8-5(9)2-3-7(11-8)6(10)4-12/h2-3,6,12H,4,10H2,1H3. The molecular formula is C8H11FN2O2. The SMILES string of the molecule is COc1nc(C(N)CO)ccc1F. The van der Waals surface area contributed by atoms with Gasteiger partial charge in [0.05, 0.1) is 25.5 Å². The number of nitrogens with zero attached hydrogens (tertiary/aromatic N) is 1. The highest BCUT2D eigenvalue weighted by Gasteiger charge is 2.10. The Morgan fingerprint density at radius 1 is 1.69 bits per heavy atom. The molecule has 13 heavy (non-hydrogen) atoms. The highest BCUT2D eigenvalue weighted by molar-refractivity contribution is 5.20. The van der Waals surface area contributed by atoms with E-state index in [9.17, 15) is 4.39 Å². The summed E-state index contributed by atoms with van der Waals surface area (Å²) in [5.41, 5.74) is 5.88. The molecule has 1 rings (SSSR count). The van der Waals surface area contributed by atoms with Crippen LogP contribution in [0, 0.1) is 5.82 Å². The van der Waals surface area contributed by atoms with Crippen molar-refractivity contribution in [2.45, 2.75) is 6.04 Å². The molecule has 72 valence electrons. The Bertz CT molecular complexity index is 293. The van der Waals surface area contributed by atoms with Crippen LogP contribution in [0.2, 0.25) is 0 Å². The number of nitrogens with two attached hydrogens (primary N) is 1. The van der Waals surface area contributed by atoms with E-state index < -0.39 is 11.9 Å². The van der Waals surface area contributed by atoms with Crippen molar-refractivity contribution in [2.75, 3.05) is 13.7 Å². The summed E-state index contributed by atoms with van der Waals surface area (Å²) in [6.45, 7) is -0.234. The number of hydrogen-bond donors (Lipinski definition) is 2. The average molecular weight is 186 g/mol. The third-order valence-electron chi connectivity index (χ3n) is 1.61. The van der Waals surface area contributed by atoms with Crippen LogP contribution in [0.1, 0.15) is 11.7 Å². The van der Waals surface area contributed by atoms with Gasteiger partial charge in [0.1, 0.15) is 0 Å². The van der Waals surface area contributed by atoms with Crippen molar-refractivity contribution in [3.63, 3.8) is 0 Å². The van der Waals surface area contributed by atoms with E-state index in [1.165, 1.54) is 19.2 Å². The summed E-state index contributed by atoms with van der Waals surface area (Å²) in [4.78, 5) is 3.78. The van der Waals surface area contributed by atoms with Gasteiger partial charge in [-0.15, -0.1) is 0 Å². The lowest BCUT2D eigenvalue weighted by molar-refractivity contribution is 0.264. The first-order chi connectivity index (χ1) is 6.19. The highest BCUT2D eigenvalue weighted by Crippen LogP contribution is 2.16.